The summed E-state index contributed by atoms with van der Waals surface area (Å²) in [7, 11) is 1.97. The Bertz CT molecular complexity index is 624. The number of nitrogens with zero attached hydrogens (tertiary/aromatic N) is 2. The third-order valence-electron chi connectivity index (χ3n) is 3.82. The minimum atomic E-state index is -0.718. The van der Waals surface area contributed by atoms with Crippen molar-refractivity contribution in [3.05, 3.63) is 29.6 Å². The number of imidazole rings is 1. The van der Waals surface area contributed by atoms with Crippen LogP contribution in [0.3, 0.4) is 0 Å². The van der Waals surface area contributed by atoms with Crippen LogP contribution in [-0.2, 0) is 17.3 Å². The Hall–Kier alpha value is -1.84. The number of hydrogen-bond donors (Lipinski definition) is 1. The second-order valence-corrected chi connectivity index (χ2v) is 4.81. The fraction of sp³-hybridized carbons (Fsp3) is 0.385. The predicted molar refractivity (Wildman–Crippen MR) is 64.0 cm³/mol. The average Bonchev–Trinajstić information content (AvgIpc) is 3.04. The Kier molecular flexibility index (Phi) is 1.88. The van der Waals surface area contributed by atoms with E-state index >= 15 is 0 Å². The van der Waals surface area contributed by atoms with Gasteiger partial charge in [-0.25, -0.2) is 4.98 Å². The van der Waals surface area contributed by atoms with Crippen molar-refractivity contribution >= 4 is 17.0 Å². The molecular weight excluding hydrogens is 216 g/mol. The molecule has 17 heavy (non-hydrogen) atoms. The molecular formula is C13H14N2O2. The van der Waals surface area contributed by atoms with Gasteiger partial charge in [0.25, 0.3) is 0 Å². The molecule has 0 saturated heterocycles. The number of hydrogen-bond acceptors (Lipinski definition) is 2. The van der Waals surface area contributed by atoms with E-state index in [-0.39, 0.29) is 0 Å². The fourth-order valence-electron chi connectivity index (χ4n) is 2.37. The molecule has 1 aromatic carbocycles. The van der Waals surface area contributed by atoms with Crippen molar-refractivity contribution in [2.45, 2.75) is 25.2 Å². The fourth-order valence-corrected chi connectivity index (χ4v) is 2.37. The Morgan fingerprint density at radius 3 is 2.76 bits per heavy atom. The number of aryl methyl sites for hydroxylation is 2. The molecule has 0 radical (unpaired) electrons. The third kappa shape index (κ3) is 1.30. The standard InChI is InChI=1S/C13H14N2O2/c1-8-14-10-7-9(3-4-11(10)15(8)2)13(5-6-13)12(16)17/h3-4,7H,5-6H2,1-2H3,(H,16,17). The third-order valence-corrected chi connectivity index (χ3v) is 3.82. The van der Waals surface area contributed by atoms with Gasteiger partial charge in [0, 0.05) is 7.05 Å². The van der Waals surface area contributed by atoms with E-state index < -0.39 is 11.4 Å². The topological polar surface area (TPSA) is 55.1 Å². The molecule has 88 valence electrons. The molecule has 1 aliphatic carbocycles. The highest BCUT2D eigenvalue weighted by Gasteiger charge is 2.51. The Labute approximate surface area is 98.9 Å². The van der Waals surface area contributed by atoms with E-state index in [1.54, 1.807) is 0 Å². The van der Waals surface area contributed by atoms with Crippen molar-refractivity contribution in [1.82, 2.24) is 9.55 Å². The number of carboxylic acids is 1. The summed E-state index contributed by atoms with van der Waals surface area (Å²) in [6.07, 6.45) is 1.47. The smallest absolute Gasteiger partial charge is 0.314 e. The van der Waals surface area contributed by atoms with E-state index in [1.165, 1.54) is 0 Å². The second-order valence-electron chi connectivity index (χ2n) is 4.81. The average molecular weight is 230 g/mol. The SMILES string of the molecule is Cc1nc2cc(C3(C(=O)O)CC3)ccc2n1C. The lowest BCUT2D eigenvalue weighted by molar-refractivity contribution is -0.140. The first-order chi connectivity index (χ1) is 8.04. The van der Waals surface area contributed by atoms with E-state index in [0.717, 1.165) is 35.3 Å². The van der Waals surface area contributed by atoms with Crippen LogP contribution in [-0.4, -0.2) is 20.6 Å². The van der Waals surface area contributed by atoms with Gasteiger partial charge in [0.1, 0.15) is 5.82 Å². The summed E-state index contributed by atoms with van der Waals surface area (Å²) in [6.45, 7) is 1.95. The minimum absolute atomic E-state index is 0.639. The molecule has 4 nitrogen and oxygen atoms in total. The van der Waals surface area contributed by atoms with Crippen LogP contribution in [0.4, 0.5) is 0 Å². The summed E-state index contributed by atoms with van der Waals surface area (Å²) in [5.74, 6) is 0.224. The molecule has 2 aromatic rings. The molecule has 0 atom stereocenters. The van der Waals surface area contributed by atoms with Crippen LogP contribution in [0.5, 0.6) is 0 Å². The van der Waals surface area contributed by atoms with E-state index in [9.17, 15) is 9.90 Å². The van der Waals surface area contributed by atoms with Gasteiger partial charge in [-0.05, 0) is 37.5 Å². The van der Waals surface area contributed by atoms with Crippen LogP contribution in [0.25, 0.3) is 11.0 Å². The molecule has 1 aliphatic rings. The summed E-state index contributed by atoms with van der Waals surface area (Å²) >= 11 is 0. The molecule has 1 fully saturated rings. The van der Waals surface area contributed by atoms with Crippen LogP contribution in [0.15, 0.2) is 18.2 Å². The molecule has 0 unspecified atom stereocenters. The number of carboxylic acid groups (broad SMARTS) is 1. The van der Waals surface area contributed by atoms with Crippen LogP contribution in [0, 0.1) is 6.92 Å². The molecule has 4 heteroatoms. The molecule has 0 aliphatic heterocycles. The lowest BCUT2D eigenvalue weighted by Crippen LogP contribution is -2.19. The monoisotopic (exact) mass is 230 g/mol. The highest BCUT2D eigenvalue weighted by Crippen LogP contribution is 2.48. The maximum Gasteiger partial charge on any atom is 0.314 e. The van der Waals surface area contributed by atoms with Crippen LogP contribution >= 0.6 is 0 Å². The number of aromatic nitrogens is 2. The minimum Gasteiger partial charge on any atom is -0.481 e. The van der Waals surface area contributed by atoms with E-state index in [1.807, 2.05) is 36.7 Å². The van der Waals surface area contributed by atoms with Crippen LogP contribution in [0.1, 0.15) is 24.2 Å². The van der Waals surface area contributed by atoms with E-state index in [0.29, 0.717) is 0 Å². The maximum absolute atomic E-state index is 11.3. The lowest BCUT2D eigenvalue weighted by atomic mass is 9.96. The van der Waals surface area contributed by atoms with Gasteiger partial charge in [-0.3, -0.25) is 4.79 Å². The quantitative estimate of drug-likeness (QED) is 0.858. The first kappa shape index (κ1) is 10.3. The number of rotatable bonds is 2. The zero-order valence-corrected chi connectivity index (χ0v) is 9.90. The van der Waals surface area contributed by atoms with Crippen molar-refractivity contribution < 1.29 is 9.90 Å². The maximum atomic E-state index is 11.3. The van der Waals surface area contributed by atoms with Gasteiger partial charge in [-0.2, -0.15) is 0 Å². The Morgan fingerprint density at radius 2 is 2.18 bits per heavy atom. The molecule has 3 rings (SSSR count). The molecule has 0 spiro atoms. The van der Waals surface area contributed by atoms with Crippen molar-refractivity contribution in [3.8, 4) is 0 Å². The lowest BCUT2D eigenvalue weighted by Gasteiger charge is -2.09. The van der Waals surface area contributed by atoms with Gasteiger partial charge in [-0.1, -0.05) is 6.07 Å². The summed E-state index contributed by atoms with van der Waals surface area (Å²) in [5.41, 5.74) is 2.18. The summed E-state index contributed by atoms with van der Waals surface area (Å²) in [4.78, 5) is 15.7. The van der Waals surface area contributed by atoms with Gasteiger partial charge in [0.2, 0.25) is 0 Å². The predicted octanol–water partition coefficient (Wildman–Crippen LogP) is 2.00. The summed E-state index contributed by atoms with van der Waals surface area (Å²) in [5, 5.41) is 9.26. The van der Waals surface area contributed by atoms with Crippen molar-refractivity contribution in [2.75, 3.05) is 0 Å². The van der Waals surface area contributed by atoms with E-state index in [4.69, 9.17) is 0 Å². The zero-order chi connectivity index (χ0) is 12.2. The summed E-state index contributed by atoms with van der Waals surface area (Å²) in [6, 6.07) is 5.81. The van der Waals surface area contributed by atoms with Gasteiger partial charge in [0.05, 0.1) is 16.4 Å². The van der Waals surface area contributed by atoms with Crippen molar-refractivity contribution in [2.24, 2.45) is 7.05 Å². The number of carbonyl (C=O) groups is 1. The molecule has 1 heterocycles. The number of aliphatic carboxylic acids is 1. The Morgan fingerprint density at radius 1 is 1.47 bits per heavy atom. The first-order valence-corrected chi connectivity index (χ1v) is 5.71. The highest BCUT2D eigenvalue weighted by atomic mass is 16.4. The van der Waals surface area contributed by atoms with Crippen LogP contribution in [0.2, 0.25) is 0 Å². The van der Waals surface area contributed by atoms with Crippen LogP contribution < -0.4 is 0 Å². The number of fused-ring (bicyclic) bond motifs is 1. The van der Waals surface area contributed by atoms with Gasteiger partial charge in [0.15, 0.2) is 0 Å². The first-order valence-electron chi connectivity index (χ1n) is 5.71. The largest absolute Gasteiger partial charge is 0.481 e. The van der Waals surface area contributed by atoms with Gasteiger partial charge in [-0.15, -0.1) is 0 Å². The summed E-state index contributed by atoms with van der Waals surface area (Å²) < 4.78 is 2.01. The molecule has 0 amide bonds. The van der Waals surface area contributed by atoms with E-state index in [2.05, 4.69) is 4.98 Å². The van der Waals surface area contributed by atoms with Gasteiger partial charge >= 0.3 is 5.97 Å². The second kappa shape index (κ2) is 3.09. The van der Waals surface area contributed by atoms with Crippen molar-refractivity contribution in [1.29, 1.82) is 0 Å². The number of benzene rings is 1. The Balaban J connectivity index is 2.18. The molecule has 1 saturated carbocycles. The van der Waals surface area contributed by atoms with Crippen molar-refractivity contribution in [3.63, 3.8) is 0 Å². The molecule has 1 N–H and O–H groups in total. The molecule has 0 bridgehead atoms. The normalized spacial score (nSPS) is 17.3. The molecule has 1 aromatic heterocycles. The zero-order valence-electron chi connectivity index (χ0n) is 9.90. The van der Waals surface area contributed by atoms with Gasteiger partial charge < -0.3 is 9.67 Å². The highest BCUT2D eigenvalue weighted by molar-refractivity contribution is 5.87.